The smallest absolute Gasteiger partial charge is 0.270 e. The first-order chi connectivity index (χ1) is 15.5. The largest absolute Gasteiger partial charge is 0.273 e. The Bertz CT molecular complexity index is 1210. The number of nitro groups is 1. The first-order valence-electron chi connectivity index (χ1n) is 9.98. The van der Waals surface area contributed by atoms with E-state index in [-0.39, 0.29) is 16.8 Å². The standard InChI is InChI=1S/C24H20N4O3S/c1-17-7-5-8-18(13-17)15-22-23(29)27(20-10-3-2-4-11-20)24(32-22)26-25-16-19-9-6-12-21(14-19)28(30)31/h2-14,16,22H,15H2,1H3. The van der Waals surface area contributed by atoms with Gasteiger partial charge in [0.1, 0.15) is 0 Å². The highest BCUT2D eigenvalue weighted by molar-refractivity contribution is 8.16. The van der Waals surface area contributed by atoms with Crippen molar-refractivity contribution < 1.29 is 9.72 Å². The molecule has 32 heavy (non-hydrogen) atoms. The topological polar surface area (TPSA) is 88.2 Å². The summed E-state index contributed by atoms with van der Waals surface area (Å²) >= 11 is 1.37. The van der Waals surface area contributed by atoms with Crippen LogP contribution in [-0.2, 0) is 11.2 Å². The number of anilines is 1. The molecule has 0 bridgehead atoms. The minimum Gasteiger partial charge on any atom is -0.273 e. The highest BCUT2D eigenvalue weighted by Gasteiger charge is 2.39. The van der Waals surface area contributed by atoms with E-state index in [2.05, 4.69) is 16.3 Å². The summed E-state index contributed by atoms with van der Waals surface area (Å²) in [5, 5.41) is 19.5. The molecular weight excluding hydrogens is 424 g/mol. The van der Waals surface area contributed by atoms with Crippen LogP contribution in [0.15, 0.2) is 89.1 Å². The molecule has 0 aromatic heterocycles. The van der Waals surface area contributed by atoms with E-state index in [1.165, 1.54) is 30.1 Å². The Labute approximate surface area is 189 Å². The molecule has 160 valence electrons. The van der Waals surface area contributed by atoms with E-state index < -0.39 is 4.92 Å². The maximum Gasteiger partial charge on any atom is 0.270 e. The number of nitrogens with zero attached hydrogens (tertiary/aromatic N) is 4. The number of non-ortho nitro benzene ring substituents is 1. The van der Waals surface area contributed by atoms with E-state index >= 15 is 0 Å². The number of hydrogen-bond donors (Lipinski definition) is 0. The number of para-hydroxylation sites is 1. The van der Waals surface area contributed by atoms with Crippen LogP contribution in [0.3, 0.4) is 0 Å². The van der Waals surface area contributed by atoms with Gasteiger partial charge in [0.25, 0.3) is 5.69 Å². The summed E-state index contributed by atoms with van der Waals surface area (Å²) in [6, 6.07) is 23.6. The number of benzene rings is 3. The van der Waals surface area contributed by atoms with Gasteiger partial charge in [-0.25, -0.2) is 0 Å². The third kappa shape index (κ3) is 4.92. The lowest BCUT2D eigenvalue weighted by molar-refractivity contribution is -0.384. The van der Waals surface area contributed by atoms with Crippen LogP contribution in [0.25, 0.3) is 0 Å². The Hall–Kier alpha value is -3.78. The molecule has 7 nitrogen and oxygen atoms in total. The predicted molar refractivity (Wildman–Crippen MR) is 128 cm³/mol. The van der Waals surface area contributed by atoms with E-state index in [9.17, 15) is 14.9 Å². The number of nitro benzene ring substituents is 1. The van der Waals surface area contributed by atoms with E-state index in [0.717, 1.165) is 16.8 Å². The van der Waals surface area contributed by atoms with Gasteiger partial charge in [-0.1, -0.05) is 71.9 Å². The van der Waals surface area contributed by atoms with Crippen molar-refractivity contribution in [3.05, 3.63) is 106 Å². The molecule has 3 aromatic rings. The Morgan fingerprint density at radius 2 is 1.84 bits per heavy atom. The molecule has 3 aromatic carbocycles. The van der Waals surface area contributed by atoms with Crippen LogP contribution in [0.5, 0.6) is 0 Å². The molecule has 1 saturated heterocycles. The molecule has 0 radical (unpaired) electrons. The molecule has 1 unspecified atom stereocenters. The number of amidine groups is 1. The fourth-order valence-electron chi connectivity index (χ4n) is 3.40. The zero-order chi connectivity index (χ0) is 22.5. The summed E-state index contributed by atoms with van der Waals surface area (Å²) in [6.45, 7) is 2.03. The van der Waals surface area contributed by atoms with Crippen LogP contribution in [0.2, 0.25) is 0 Å². The normalized spacial score (nSPS) is 17.4. The molecule has 0 spiro atoms. The van der Waals surface area contributed by atoms with Gasteiger partial charge in [-0.15, -0.1) is 5.10 Å². The Balaban J connectivity index is 1.61. The summed E-state index contributed by atoms with van der Waals surface area (Å²) in [4.78, 5) is 25.3. The van der Waals surface area contributed by atoms with Crippen molar-refractivity contribution in [3.8, 4) is 0 Å². The Morgan fingerprint density at radius 1 is 1.06 bits per heavy atom. The van der Waals surface area contributed by atoms with Crippen molar-refractivity contribution in [1.29, 1.82) is 0 Å². The molecule has 0 saturated carbocycles. The van der Waals surface area contributed by atoms with Crippen molar-refractivity contribution in [1.82, 2.24) is 0 Å². The second-order valence-electron chi connectivity index (χ2n) is 7.29. The fourth-order valence-corrected chi connectivity index (χ4v) is 4.53. The second kappa shape index (κ2) is 9.57. The van der Waals surface area contributed by atoms with Crippen molar-refractivity contribution in [2.45, 2.75) is 18.6 Å². The number of thioether (sulfide) groups is 1. The Morgan fingerprint density at radius 3 is 2.59 bits per heavy atom. The zero-order valence-corrected chi connectivity index (χ0v) is 18.1. The number of carbonyl (C=O) groups excluding carboxylic acids is 1. The van der Waals surface area contributed by atoms with Crippen LogP contribution >= 0.6 is 11.8 Å². The minimum absolute atomic E-state index is 0.0175. The van der Waals surface area contributed by atoms with Crippen LogP contribution in [-0.4, -0.2) is 27.5 Å². The summed E-state index contributed by atoms with van der Waals surface area (Å²) in [5.74, 6) is -0.0491. The van der Waals surface area contributed by atoms with E-state index in [1.54, 1.807) is 17.0 Å². The summed E-state index contributed by atoms with van der Waals surface area (Å²) in [6.07, 6.45) is 2.03. The minimum atomic E-state index is -0.457. The number of amides is 1. The SMILES string of the molecule is Cc1cccc(CC2SC(=NN=Cc3cccc([N+](=O)[O-])c3)N(c3ccccc3)C2=O)c1. The number of carbonyl (C=O) groups is 1. The van der Waals surface area contributed by atoms with Gasteiger partial charge >= 0.3 is 0 Å². The average Bonchev–Trinajstić information content (AvgIpc) is 3.09. The first-order valence-corrected chi connectivity index (χ1v) is 10.9. The Kier molecular flexibility index (Phi) is 6.42. The average molecular weight is 445 g/mol. The molecule has 0 aliphatic carbocycles. The first kappa shape index (κ1) is 21.5. The summed E-state index contributed by atoms with van der Waals surface area (Å²) in [7, 11) is 0. The van der Waals surface area contributed by atoms with Crippen molar-refractivity contribution in [2.24, 2.45) is 10.2 Å². The maximum absolute atomic E-state index is 13.3. The molecule has 4 rings (SSSR count). The van der Waals surface area contributed by atoms with Crippen molar-refractivity contribution in [2.75, 3.05) is 4.90 Å². The van der Waals surface area contributed by atoms with Gasteiger partial charge in [0.2, 0.25) is 5.91 Å². The second-order valence-corrected chi connectivity index (χ2v) is 8.46. The molecule has 0 N–H and O–H groups in total. The summed E-state index contributed by atoms with van der Waals surface area (Å²) < 4.78 is 0. The van der Waals surface area contributed by atoms with Crippen LogP contribution in [0.4, 0.5) is 11.4 Å². The molecule has 1 amide bonds. The molecule has 1 fully saturated rings. The highest BCUT2D eigenvalue weighted by atomic mass is 32.2. The molecule has 8 heteroatoms. The van der Waals surface area contributed by atoms with Gasteiger partial charge in [0.15, 0.2) is 5.17 Å². The quantitative estimate of drug-likeness (QED) is 0.305. The monoisotopic (exact) mass is 444 g/mol. The van der Waals surface area contributed by atoms with Crippen LogP contribution < -0.4 is 4.90 Å². The van der Waals surface area contributed by atoms with Gasteiger partial charge in [0, 0.05) is 17.7 Å². The zero-order valence-electron chi connectivity index (χ0n) is 17.3. The lowest BCUT2D eigenvalue weighted by Gasteiger charge is -2.15. The number of hydrogen-bond acceptors (Lipinski definition) is 6. The fraction of sp³-hybridized carbons (Fsp3) is 0.125. The van der Waals surface area contributed by atoms with E-state index in [4.69, 9.17) is 0 Å². The van der Waals surface area contributed by atoms with Gasteiger partial charge in [-0.2, -0.15) is 5.10 Å². The third-order valence-corrected chi connectivity index (χ3v) is 6.01. The van der Waals surface area contributed by atoms with Gasteiger partial charge in [0.05, 0.1) is 22.1 Å². The molecule has 1 heterocycles. The predicted octanol–water partition coefficient (Wildman–Crippen LogP) is 4.98. The van der Waals surface area contributed by atoms with E-state index in [1.807, 2.05) is 55.5 Å². The van der Waals surface area contributed by atoms with Gasteiger partial charge < -0.3 is 0 Å². The number of rotatable bonds is 6. The lowest BCUT2D eigenvalue weighted by Crippen LogP contribution is -2.32. The maximum atomic E-state index is 13.3. The summed E-state index contributed by atoms with van der Waals surface area (Å²) in [5.41, 5.74) is 3.50. The third-order valence-electron chi connectivity index (χ3n) is 4.88. The lowest BCUT2D eigenvalue weighted by atomic mass is 10.1. The van der Waals surface area contributed by atoms with Crippen molar-refractivity contribution in [3.63, 3.8) is 0 Å². The molecular formula is C24H20N4O3S. The van der Waals surface area contributed by atoms with Crippen LogP contribution in [0.1, 0.15) is 16.7 Å². The van der Waals surface area contributed by atoms with Gasteiger partial charge in [-0.3, -0.25) is 19.8 Å². The molecule has 1 atom stereocenters. The number of aryl methyl sites for hydroxylation is 1. The van der Waals surface area contributed by atoms with Crippen LogP contribution in [0, 0.1) is 17.0 Å². The highest BCUT2D eigenvalue weighted by Crippen LogP contribution is 2.34. The van der Waals surface area contributed by atoms with Crippen molar-refractivity contribution >= 4 is 40.4 Å². The van der Waals surface area contributed by atoms with Gasteiger partial charge in [-0.05, 0) is 31.0 Å². The van der Waals surface area contributed by atoms with E-state index in [0.29, 0.717) is 17.2 Å². The molecule has 1 aliphatic rings. The molecule has 1 aliphatic heterocycles.